The van der Waals surface area contributed by atoms with Crippen LogP contribution >= 0.6 is 0 Å². The third-order valence-corrected chi connectivity index (χ3v) is 4.59. The molecule has 2 nitrogen and oxygen atoms in total. The van der Waals surface area contributed by atoms with Crippen LogP contribution in [0.1, 0.15) is 42.7 Å². The van der Waals surface area contributed by atoms with Crippen LogP contribution in [-0.4, -0.2) is 13.2 Å². The minimum Gasteiger partial charge on any atom is -0.489 e. The van der Waals surface area contributed by atoms with Gasteiger partial charge >= 0.3 is 0 Å². The first-order valence-corrected chi connectivity index (χ1v) is 8.14. The molecule has 0 saturated heterocycles. The zero-order chi connectivity index (χ0) is 15.2. The Kier molecular flexibility index (Phi) is 5.12. The van der Waals surface area contributed by atoms with Crippen LogP contribution in [-0.2, 0) is 11.3 Å². The lowest BCUT2D eigenvalue weighted by molar-refractivity contribution is 0.0658. The summed E-state index contributed by atoms with van der Waals surface area (Å²) in [5.74, 6) is 1.61. The summed E-state index contributed by atoms with van der Waals surface area (Å²) in [6.07, 6.45) is 5.20. The Labute approximate surface area is 133 Å². The first kappa shape index (κ1) is 15.1. The molecule has 0 amide bonds. The van der Waals surface area contributed by atoms with E-state index in [1.165, 1.54) is 24.0 Å². The summed E-state index contributed by atoms with van der Waals surface area (Å²) in [5, 5.41) is 0. The zero-order valence-electron chi connectivity index (χ0n) is 13.2. The Balaban J connectivity index is 1.60. The van der Waals surface area contributed by atoms with E-state index in [1.807, 2.05) is 31.4 Å². The molecule has 1 aliphatic rings. The zero-order valence-corrected chi connectivity index (χ0v) is 13.2. The Morgan fingerprint density at radius 2 is 1.68 bits per heavy atom. The highest BCUT2D eigenvalue weighted by Gasteiger charge is 2.22. The fraction of sp³-hybridized carbons (Fsp3) is 0.400. The molecule has 0 N–H and O–H groups in total. The van der Waals surface area contributed by atoms with E-state index in [0.29, 0.717) is 18.6 Å². The minimum absolute atomic E-state index is 0.453. The molecule has 0 unspecified atom stereocenters. The van der Waals surface area contributed by atoms with Gasteiger partial charge in [0.15, 0.2) is 0 Å². The molecule has 2 aromatic rings. The van der Waals surface area contributed by atoms with Gasteiger partial charge in [-0.05, 0) is 54.9 Å². The van der Waals surface area contributed by atoms with E-state index in [2.05, 4.69) is 30.3 Å². The SMILES string of the molecule is COC1CCC(c2cccc(OCc3ccccc3)c2)CC1. The molecule has 1 fully saturated rings. The molecule has 2 aromatic carbocycles. The third kappa shape index (κ3) is 3.89. The molecule has 0 atom stereocenters. The quantitative estimate of drug-likeness (QED) is 0.778. The number of hydrogen-bond acceptors (Lipinski definition) is 2. The molecule has 22 heavy (non-hydrogen) atoms. The number of hydrogen-bond donors (Lipinski definition) is 0. The highest BCUT2D eigenvalue weighted by atomic mass is 16.5. The average Bonchev–Trinajstić information content (AvgIpc) is 2.61. The summed E-state index contributed by atoms with van der Waals surface area (Å²) < 4.78 is 11.4. The summed E-state index contributed by atoms with van der Waals surface area (Å²) in [6.45, 7) is 0.626. The number of methoxy groups -OCH3 is 1. The van der Waals surface area contributed by atoms with E-state index >= 15 is 0 Å². The fourth-order valence-corrected chi connectivity index (χ4v) is 3.23. The van der Waals surface area contributed by atoms with Crippen molar-refractivity contribution in [2.45, 2.75) is 44.3 Å². The molecule has 0 spiro atoms. The van der Waals surface area contributed by atoms with E-state index < -0.39 is 0 Å². The molecule has 1 aliphatic carbocycles. The summed E-state index contributed by atoms with van der Waals surface area (Å²) >= 11 is 0. The van der Waals surface area contributed by atoms with Crippen molar-refractivity contribution < 1.29 is 9.47 Å². The van der Waals surface area contributed by atoms with Crippen LogP contribution in [0.15, 0.2) is 54.6 Å². The topological polar surface area (TPSA) is 18.5 Å². The average molecular weight is 296 g/mol. The maximum Gasteiger partial charge on any atom is 0.120 e. The smallest absolute Gasteiger partial charge is 0.120 e. The number of rotatable bonds is 5. The van der Waals surface area contributed by atoms with Gasteiger partial charge in [0, 0.05) is 7.11 Å². The Bertz CT molecular complexity index is 571. The second-order valence-corrected chi connectivity index (χ2v) is 6.06. The first-order chi connectivity index (χ1) is 10.8. The summed E-state index contributed by atoms with van der Waals surface area (Å²) in [7, 11) is 1.82. The maximum atomic E-state index is 5.94. The molecule has 0 heterocycles. The van der Waals surface area contributed by atoms with Gasteiger partial charge < -0.3 is 9.47 Å². The Morgan fingerprint density at radius 3 is 2.41 bits per heavy atom. The van der Waals surface area contributed by atoms with Crippen LogP contribution in [0.4, 0.5) is 0 Å². The summed E-state index contributed by atoms with van der Waals surface area (Å²) in [6, 6.07) is 18.9. The van der Waals surface area contributed by atoms with Gasteiger partial charge in [0.1, 0.15) is 12.4 Å². The van der Waals surface area contributed by atoms with Gasteiger partial charge in [-0.2, -0.15) is 0 Å². The Morgan fingerprint density at radius 1 is 0.909 bits per heavy atom. The van der Waals surface area contributed by atoms with E-state index in [9.17, 15) is 0 Å². The van der Waals surface area contributed by atoms with Gasteiger partial charge in [-0.3, -0.25) is 0 Å². The van der Waals surface area contributed by atoms with E-state index in [4.69, 9.17) is 9.47 Å². The largest absolute Gasteiger partial charge is 0.489 e. The highest BCUT2D eigenvalue weighted by Crippen LogP contribution is 2.35. The van der Waals surface area contributed by atoms with Gasteiger partial charge in [-0.1, -0.05) is 42.5 Å². The summed E-state index contributed by atoms with van der Waals surface area (Å²) in [4.78, 5) is 0. The lowest BCUT2D eigenvalue weighted by atomic mass is 9.83. The molecule has 1 saturated carbocycles. The fourth-order valence-electron chi connectivity index (χ4n) is 3.23. The standard InChI is InChI=1S/C20H24O2/c1-21-19-12-10-17(11-13-19)18-8-5-9-20(14-18)22-15-16-6-3-2-4-7-16/h2-9,14,17,19H,10-13,15H2,1H3. The van der Waals surface area contributed by atoms with Gasteiger partial charge in [0.25, 0.3) is 0 Å². The molecular weight excluding hydrogens is 272 g/mol. The third-order valence-electron chi connectivity index (χ3n) is 4.59. The highest BCUT2D eigenvalue weighted by molar-refractivity contribution is 5.31. The van der Waals surface area contributed by atoms with Crippen molar-refractivity contribution in [3.63, 3.8) is 0 Å². The molecule has 0 aliphatic heterocycles. The normalized spacial score (nSPS) is 21.5. The maximum absolute atomic E-state index is 5.94. The van der Waals surface area contributed by atoms with Crippen LogP contribution in [0, 0.1) is 0 Å². The van der Waals surface area contributed by atoms with Crippen molar-refractivity contribution in [3.05, 3.63) is 65.7 Å². The van der Waals surface area contributed by atoms with Gasteiger partial charge in [0.05, 0.1) is 6.10 Å². The van der Waals surface area contributed by atoms with Gasteiger partial charge in [-0.25, -0.2) is 0 Å². The van der Waals surface area contributed by atoms with Crippen molar-refractivity contribution in [3.8, 4) is 5.75 Å². The first-order valence-electron chi connectivity index (χ1n) is 8.14. The molecule has 2 heteroatoms. The van der Waals surface area contributed by atoms with Gasteiger partial charge in [0.2, 0.25) is 0 Å². The molecule has 116 valence electrons. The van der Waals surface area contributed by atoms with Gasteiger partial charge in [-0.15, -0.1) is 0 Å². The van der Waals surface area contributed by atoms with Crippen LogP contribution < -0.4 is 4.74 Å². The predicted molar refractivity (Wildman–Crippen MR) is 89.2 cm³/mol. The number of benzene rings is 2. The molecule has 0 bridgehead atoms. The van der Waals surface area contributed by atoms with Crippen molar-refractivity contribution in [1.82, 2.24) is 0 Å². The lowest BCUT2D eigenvalue weighted by Crippen LogP contribution is -2.19. The van der Waals surface area contributed by atoms with Crippen molar-refractivity contribution in [2.75, 3.05) is 7.11 Å². The van der Waals surface area contributed by atoms with Crippen molar-refractivity contribution in [2.24, 2.45) is 0 Å². The molecule has 0 aromatic heterocycles. The second-order valence-electron chi connectivity index (χ2n) is 6.06. The predicted octanol–water partition coefficient (Wildman–Crippen LogP) is 4.94. The van der Waals surface area contributed by atoms with Crippen LogP contribution in [0.25, 0.3) is 0 Å². The molecule has 0 radical (unpaired) electrons. The van der Waals surface area contributed by atoms with E-state index in [1.54, 1.807) is 0 Å². The Hall–Kier alpha value is -1.80. The van der Waals surface area contributed by atoms with Crippen LogP contribution in [0.3, 0.4) is 0 Å². The summed E-state index contributed by atoms with van der Waals surface area (Å²) in [5.41, 5.74) is 2.61. The molecular formula is C20H24O2. The minimum atomic E-state index is 0.453. The lowest BCUT2D eigenvalue weighted by Gasteiger charge is -2.28. The van der Waals surface area contributed by atoms with Crippen molar-refractivity contribution in [1.29, 1.82) is 0 Å². The monoisotopic (exact) mass is 296 g/mol. The second kappa shape index (κ2) is 7.46. The van der Waals surface area contributed by atoms with E-state index in [0.717, 1.165) is 18.6 Å². The van der Waals surface area contributed by atoms with Crippen LogP contribution in [0.2, 0.25) is 0 Å². The molecule has 3 rings (SSSR count). The number of ether oxygens (including phenoxy) is 2. The van der Waals surface area contributed by atoms with Crippen molar-refractivity contribution >= 4 is 0 Å². The van der Waals surface area contributed by atoms with Crippen LogP contribution in [0.5, 0.6) is 5.75 Å². The van der Waals surface area contributed by atoms with E-state index in [-0.39, 0.29) is 0 Å².